The summed E-state index contributed by atoms with van der Waals surface area (Å²) < 4.78 is 6.85. The molecule has 0 aliphatic carbocycles. The highest BCUT2D eigenvalue weighted by molar-refractivity contribution is 4.52. The third-order valence-corrected chi connectivity index (χ3v) is 6.08. The van der Waals surface area contributed by atoms with Crippen LogP contribution in [0.25, 0.3) is 0 Å². The number of halogens is 1. The maximum absolute atomic E-state index is 5.53. The molecule has 1 rings (SSSR count). The number of quaternary nitrogens is 1. The molecule has 0 spiro atoms. The minimum atomic E-state index is 0. The van der Waals surface area contributed by atoms with Crippen LogP contribution in [-0.2, 0) is 4.74 Å². The summed E-state index contributed by atoms with van der Waals surface area (Å²) in [6.45, 7) is 11.8. The molecule has 1 aliphatic heterocycles. The lowest BCUT2D eigenvalue weighted by Crippen LogP contribution is -3.00. The van der Waals surface area contributed by atoms with Gasteiger partial charge in [0.2, 0.25) is 0 Å². The standard InChI is InChI=1S/C22H46NO.BrH/c1-3-5-6-7-8-9-10-11-12-13-14-15-16-17-18-23(4-2)19-21-24-22-20-23;/h3-22H2,1-2H3;1H/q+1;/p-1. The Hall–Kier alpha value is 0.400. The molecule has 152 valence electrons. The molecule has 1 heterocycles. The second-order valence-corrected chi connectivity index (χ2v) is 8.04. The van der Waals surface area contributed by atoms with Gasteiger partial charge in [0, 0.05) is 0 Å². The molecule has 0 aromatic heterocycles. The van der Waals surface area contributed by atoms with Gasteiger partial charge in [-0.2, -0.15) is 0 Å². The molecule has 25 heavy (non-hydrogen) atoms. The summed E-state index contributed by atoms with van der Waals surface area (Å²) in [7, 11) is 0. The molecule has 0 aromatic rings. The van der Waals surface area contributed by atoms with Crippen LogP contribution in [0.3, 0.4) is 0 Å². The summed E-state index contributed by atoms with van der Waals surface area (Å²) in [6.07, 6.45) is 20.4. The smallest absolute Gasteiger partial charge is 0.102 e. The lowest BCUT2D eigenvalue weighted by molar-refractivity contribution is -0.933. The van der Waals surface area contributed by atoms with Crippen molar-refractivity contribution in [2.45, 2.75) is 104 Å². The monoisotopic (exact) mass is 419 g/mol. The van der Waals surface area contributed by atoms with Crippen molar-refractivity contribution in [1.82, 2.24) is 0 Å². The number of rotatable bonds is 16. The van der Waals surface area contributed by atoms with E-state index in [4.69, 9.17) is 4.74 Å². The molecule has 1 aliphatic rings. The largest absolute Gasteiger partial charge is 1.00 e. The van der Waals surface area contributed by atoms with E-state index in [2.05, 4.69) is 13.8 Å². The van der Waals surface area contributed by atoms with Crippen LogP contribution in [0.5, 0.6) is 0 Å². The fourth-order valence-corrected chi connectivity index (χ4v) is 4.07. The van der Waals surface area contributed by atoms with Gasteiger partial charge in [0.1, 0.15) is 13.1 Å². The van der Waals surface area contributed by atoms with E-state index in [1.807, 2.05) is 0 Å². The zero-order chi connectivity index (χ0) is 17.3. The molecule has 1 fully saturated rings. The Bertz CT molecular complexity index is 267. The highest BCUT2D eigenvalue weighted by Gasteiger charge is 2.27. The predicted molar refractivity (Wildman–Crippen MR) is 107 cm³/mol. The number of likely N-dealkylation sites (N-methyl/N-ethyl adjacent to an activating group) is 1. The number of morpholine rings is 1. The first-order valence-electron chi connectivity index (χ1n) is 11.3. The second-order valence-electron chi connectivity index (χ2n) is 8.04. The van der Waals surface area contributed by atoms with Crippen molar-refractivity contribution < 1.29 is 26.2 Å². The zero-order valence-electron chi connectivity index (χ0n) is 17.4. The Kier molecular flexibility index (Phi) is 18.1. The van der Waals surface area contributed by atoms with Crippen molar-refractivity contribution in [3.8, 4) is 0 Å². The van der Waals surface area contributed by atoms with Gasteiger partial charge in [0.25, 0.3) is 0 Å². The summed E-state index contributed by atoms with van der Waals surface area (Å²) in [5.41, 5.74) is 0. The fraction of sp³-hybridized carbons (Fsp3) is 1.00. The average Bonchev–Trinajstić information content (AvgIpc) is 2.63. The van der Waals surface area contributed by atoms with Crippen molar-refractivity contribution in [3.63, 3.8) is 0 Å². The predicted octanol–water partition coefficient (Wildman–Crippen LogP) is 3.34. The normalized spacial score (nSPS) is 16.6. The first-order chi connectivity index (χ1) is 11.8. The van der Waals surface area contributed by atoms with Gasteiger partial charge >= 0.3 is 0 Å². The van der Waals surface area contributed by atoms with E-state index in [1.165, 1.54) is 121 Å². The van der Waals surface area contributed by atoms with Gasteiger partial charge < -0.3 is 26.2 Å². The molecule has 3 heteroatoms. The van der Waals surface area contributed by atoms with E-state index in [0.29, 0.717) is 0 Å². The highest BCUT2D eigenvalue weighted by Crippen LogP contribution is 2.16. The van der Waals surface area contributed by atoms with Crippen LogP contribution in [0.4, 0.5) is 0 Å². The third-order valence-electron chi connectivity index (χ3n) is 6.08. The van der Waals surface area contributed by atoms with Crippen molar-refractivity contribution in [2.75, 3.05) is 39.4 Å². The Morgan fingerprint density at radius 1 is 0.600 bits per heavy atom. The van der Waals surface area contributed by atoms with E-state index < -0.39 is 0 Å². The van der Waals surface area contributed by atoms with Gasteiger partial charge in [-0.05, 0) is 19.8 Å². The van der Waals surface area contributed by atoms with Gasteiger partial charge in [-0.3, -0.25) is 0 Å². The van der Waals surface area contributed by atoms with E-state index in [0.717, 1.165) is 13.2 Å². The SMILES string of the molecule is CCCCCCCCCCCCCCCC[N+]1(CC)CCOCC1.[Br-]. The minimum absolute atomic E-state index is 0. The minimum Gasteiger partial charge on any atom is -1.00 e. The van der Waals surface area contributed by atoms with E-state index in [9.17, 15) is 0 Å². The van der Waals surface area contributed by atoms with Gasteiger partial charge in [0.05, 0.1) is 26.3 Å². The van der Waals surface area contributed by atoms with E-state index in [1.54, 1.807) is 0 Å². The van der Waals surface area contributed by atoms with Gasteiger partial charge in [-0.1, -0.05) is 84.0 Å². The lowest BCUT2D eigenvalue weighted by Gasteiger charge is -2.40. The van der Waals surface area contributed by atoms with Gasteiger partial charge in [0.15, 0.2) is 0 Å². The molecule has 0 saturated carbocycles. The van der Waals surface area contributed by atoms with Crippen LogP contribution in [0.15, 0.2) is 0 Å². The van der Waals surface area contributed by atoms with Crippen LogP contribution in [-0.4, -0.2) is 43.9 Å². The zero-order valence-corrected chi connectivity index (χ0v) is 19.0. The summed E-state index contributed by atoms with van der Waals surface area (Å²) in [4.78, 5) is 0. The van der Waals surface area contributed by atoms with Crippen molar-refractivity contribution in [1.29, 1.82) is 0 Å². The molecular formula is C22H46BrNO. The molecule has 0 aromatic carbocycles. The Morgan fingerprint density at radius 2 is 1.00 bits per heavy atom. The first-order valence-corrected chi connectivity index (χ1v) is 11.3. The number of ether oxygens (including phenoxy) is 1. The van der Waals surface area contributed by atoms with Crippen LogP contribution < -0.4 is 17.0 Å². The Labute approximate surface area is 169 Å². The maximum Gasteiger partial charge on any atom is 0.102 e. The van der Waals surface area contributed by atoms with E-state index in [-0.39, 0.29) is 17.0 Å². The van der Waals surface area contributed by atoms with Gasteiger partial charge in [-0.15, -0.1) is 0 Å². The Balaban J connectivity index is 0.00000576. The van der Waals surface area contributed by atoms with Gasteiger partial charge in [-0.25, -0.2) is 0 Å². The molecule has 1 saturated heterocycles. The summed E-state index contributed by atoms with van der Waals surface area (Å²) in [5, 5.41) is 0. The summed E-state index contributed by atoms with van der Waals surface area (Å²) in [6, 6.07) is 0. The Morgan fingerprint density at radius 3 is 1.40 bits per heavy atom. The van der Waals surface area contributed by atoms with Crippen molar-refractivity contribution in [3.05, 3.63) is 0 Å². The molecular weight excluding hydrogens is 374 g/mol. The molecule has 0 N–H and O–H groups in total. The highest BCUT2D eigenvalue weighted by atomic mass is 79.9. The topological polar surface area (TPSA) is 9.23 Å². The van der Waals surface area contributed by atoms with E-state index >= 15 is 0 Å². The molecule has 0 bridgehead atoms. The molecule has 0 amide bonds. The first kappa shape index (κ1) is 25.4. The maximum atomic E-state index is 5.53. The van der Waals surface area contributed by atoms with Crippen molar-refractivity contribution >= 4 is 0 Å². The quantitative estimate of drug-likeness (QED) is 0.275. The van der Waals surface area contributed by atoms with Crippen LogP contribution >= 0.6 is 0 Å². The molecule has 0 atom stereocenters. The fourth-order valence-electron chi connectivity index (χ4n) is 4.07. The lowest BCUT2D eigenvalue weighted by atomic mass is 10.0. The number of unbranched alkanes of at least 4 members (excludes halogenated alkanes) is 13. The van der Waals surface area contributed by atoms with Crippen LogP contribution in [0.1, 0.15) is 104 Å². The molecule has 2 nitrogen and oxygen atoms in total. The van der Waals surface area contributed by atoms with Crippen molar-refractivity contribution in [2.24, 2.45) is 0 Å². The number of hydrogen-bond acceptors (Lipinski definition) is 1. The average molecular weight is 421 g/mol. The second kappa shape index (κ2) is 17.8. The van der Waals surface area contributed by atoms with Crippen LogP contribution in [0.2, 0.25) is 0 Å². The number of nitrogens with zero attached hydrogens (tertiary/aromatic N) is 1. The van der Waals surface area contributed by atoms with Crippen LogP contribution in [0, 0.1) is 0 Å². The third kappa shape index (κ3) is 13.2. The summed E-state index contributed by atoms with van der Waals surface area (Å²) in [5.74, 6) is 0. The molecule has 0 unspecified atom stereocenters. The molecule has 0 radical (unpaired) electrons. The summed E-state index contributed by atoms with van der Waals surface area (Å²) >= 11 is 0. The number of hydrogen-bond donors (Lipinski definition) is 0.